The Bertz CT molecular complexity index is 2280. The second-order valence-corrected chi connectivity index (χ2v) is 11.1. The van der Waals surface area contributed by atoms with Gasteiger partial charge in [-0.25, -0.2) is 9.97 Å². The summed E-state index contributed by atoms with van der Waals surface area (Å²) in [6, 6.07) is 25.5. The molecule has 0 bridgehead atoms. The molecule has 8 aromatic rings. The highest BCUT2D eigenvalue weighted by atomic mass is 79.9. The van der Waals surface area contributed by atoms with E-state index < -0.39 is 0 Å². The fourth-order valence-electron chi connectivity index (χ4n) is 5.13. The van der Waals surface area contributed by atoms with Gasteiger partial charge in [-0.1, -0.05) is 12.1 Å². The van der Waals surface area contributed by atoms with E-state index >= 15 is 0 Å². The number of nitrogens with zero attached hydrogens (tertiary/aromatic N) is 6. The van der Waals surface area contributed by atoms with Gasteiger partial charge < -0.3 is 30.4 Å². The zero-order valence-corrected chi connectivity index (χ0v) is 26.0. The summed E-state index contributed by atoms with van der Waals surface area (Å²) < 4.78 is 4.99. The molecule has 0 fully saturated rings. The van der Waals surface area contributed by atoms with Crippen LogP contribution in [-0.4, -0.2) is 39.3 Å². The zero-order valence-electron chi connectivity index (χ0n) is 24.4. The minimum Gasteiger partial charge on any atom is -0.508 e. The van der Waals surface area contributed by atoms with E-state index in [1.54, 1.807) is 48.8 Å². The summed E-state index contributed by atoms with van der Waals surface area (Å²) in [5, 5.41) is 25.9. The summed E-state index contributed by atoms with van der Waals surface area (Å²) in [4.78, 5) is 17.5. The van der Waals surface area contributed by atoms with Crippen LogP contribution in [0, 0.1) is 0 Å². The van der Waals surface area contributed by atoms with E-state index in [1.165, 1.54) is 6.07 Å². The molecule has 0 aliphatic rings. The number of aromatic nitrogens is 6. The summed E-state index contributed by atoms with van der Waals surface area (Å²) in [7, 11) is 4.01. The van der Waals surface area contributed by atoms with E-state index in [-0.39, 0.29) is 11.5 Å². The van der Waals surface area contributed by atoms with Gasteiger partial charge in [-0.05, 0) is 76.6 Å². The first kappa shape index (κ1) is 29.4. The van der Waals surface area contributed by atoms with Crippen LogP contribution in [0.3, 0.4) is 0 Å². The fraction of sp³-hybridized carbons (Fsp3) is 0.0588. The van der Waals surface area contributed by atoms with Crippen molar-refractivity contribution in [1.82, 2.24) is 29.1 Å². The van der Waals surface area contributed by atoms with E-state index in [9.17, 15) is 5.11 Å². The maximum atomic E-state index is 9.53. The molecule has 0 aliphatic carbocycles. The average Bonchev–Trinajstić information content (AvgIpc) is 3.48. The molecule has 11 heteroatoms. The lowest BCUT2D eigenvalue weighted by molar-refractivity contribution is 0.475. The second-order valence-electron chi connectivity index (χ2n) is 10.2. The molecule has 2 aromatic carbocycles. The molecule has 45 heavy (non-hydrogen) atoms. The Labute approximate surface area is 266 Å². The van der Waals surface area contributed by atoms with Crippen molar-refractivity contribution in [1.29, 1.82) is 0 Å². The van der Waals surface area contributed by atoms with Crippen molar-refractivity contribution in [3.05, 3.63) is 114 Å². The predicted molar refractivity (Wildman–Crippen MR) is 184 cm³/mol. The van der Waals surface area contributed by atoms with E-state index in [0.717, 1.165) is 60.0 Å². The van der Waals surface area contributed by atoms with Crippen LogP contribution in [0.25, 0.3) is 43.9 Å². The molecule has 0 aliphatic heterocycles. The highest BCUT2D eigenvalue weighted by Gasteiger charge is 2.11. The summed E-state index contributed by atoms with van der Waals surface area (Å²) in [6.45, 7) is 0. The van der Waals surface area contributed by atoms with Crippen LogP contribution >= 0.6 is 15.9 Å². The standard InChI is InChI=1S/C17H14N4O.C11H8BrN3.C6H7NO/c1-21-15-7-8-18-10-14(15)13-5-6-16(20-17(13)21)19-11-3-2-4-12(22)9-11;1-15-9-4-5-13-6-8(9)7-2-3-10(12)14-11(7)15;7-5-2-1-3-6(8)4-5/h2-10,22H,1H3,(H,19,20);2-6H,1H3;1-4,8H,7H2. The zero-order chi connectivity index (χ0) is 31.5. The topological polar surface area (TPSA) is 140 Å². The molecule has 6 aromatic heterocycles. The molecule has 0 atom stereocenters. The quantitative estimate of drug-likeness (QED) is 0.111. The Morgan fingerprint density at radius 1 is 0.667 bits per heavy atom. The van der Waals surface area contributed by atoms with Crippen molar-refractivity contribution >= 4 is 77.0 Å². The number of hydrogen-bond acceptors (Lipinski definition) is 8. The van der Waals surface area contributed by atoms with Gasteiger partial charge in [0.2, 0.25) is 0 Å². The van der Waals surface area contributed by atoms with Gasteiger partial charge in [0.1, 0.15) is 33.2 Å². The molecule has 5 N–H and O–H groups in total. The van der Waals surface area contributed by atoms with Crippen molar-refractivity contribution in [2.24, 2.45) is 14.1 Å². The third-order valence-corrected chi connectivity index (χ3v) is 7.68. The number of hydrogen-bond donors (Lipinski definition) is 4. The summed E-state index contributed by atoms with van der Waals surface area (Å²) in [6.07, 6.45) is 7.33. The van der Waals surface area contributed by atoms with Crippen molar-refractivity contribution in [2.45, 2.75) is 0 Å². The Morgan fingerprint density at radius 2 is 1.24 bits per heavy atom. The highest BCUT2D eigenvalue weighted by Crippen LogP contribution is 2.29. The number of nitrogen functional groups attached to an aromatic ring is 1. The van der Waals surface area contributed by atoms with E-state index in [1.807, 2.05) is 62.9 Å². The minimum atomic E-state index is 0.213. The first-order valence-corrected chi connectivity index (χ1v) is 14.7. The highest BCUT2D eigenvalue weighted by molar-refractivity contribution is 9.10. The molecule has 0 saturated carbocycles. The van der Waals surface area contributed by atoms with Gasteiger partial charge in [-0.2, -0.15) is 0 Å². The lowest BCUT2D eigenvalue weighted by Crippen LogP contribution is -1.95. The van der Waals surface area contributed by atoms with Crippen LogP contribution in [0.2, 0.25) is 0 Å². The van der Waals surface area contributed by atoms with Crippen molar-refractivity contribution in [3.63, 3.8) is 0 Å². The molecule has 0 spiro atoms. The Balaban J connectivity index is 0.000000134. The summed E-state index contributed by atoms with van der Waals surface area (Å²) in [5.74, 6) is 1.17. The third kappa shape index (κ3) is 6.20. The molecule has 0 radical (unpaired) electrons. The van der Waals surface area contributed by atoms with Crippen LogP contribution in [0.5, 0.6) is 11.5 Å². The van der Waals surface area contributed by atoms with Crippen LogP contribution in [-0.2, 0) is 14.1 Å². The average molecular weight is 662 g/mol. The molecule has 0 amide bonds. The van der Waals surface area contributed by atoms with Gasteiger partial charge in [0.15, 0.2) is 0 Å². The lowest BCUT2D eigenvalue weighted by Gasteiger charge is -2.06. The van der Waals surface area contributed by atoms with Crippen molar-refractivity contribution in [2.75, 3.05) is 11.1 Å². The molecular weight excluding hydrogens is 632 g/mol. The van der Waals surface area contributed by atoms with Crippen LogP contribution in [0.1, 0.15) is 0 Å². The van der Waals surface area contributed by atoms with Gasteiger partial charge >= 0.3 is 0 Å². The molecule has 8 rings (SSSR count). The lowest BCUT2D eigenvalue weighted by atomic mass is 10.2. The summed E-state index contributed by atoms with van der Waals surface area (Å²) in [5.41, 5.74) is 10.8. The smallest absolute Gasteiger partial charge is 0.143 e. The Hall–Kier alpha value is -5.68. The van der Waals surface area contributed by atoms with Crippen molar-refractivity contribution in [3.8, 4) is 11.5 Å². The molecule has 10 nitrogen and oxygen atoms in total. The largest absolute Gasteiger partial charge is 0.508 e. The minimum absolute atomic E-state index is 0.213. The van der Waals surface area contributed by atoms with Crippen LogP contribution in [0.4, 0.5) is 17.2 Å². The number of aromatic hydroxyl groups is 2. The van der Waals surface area contributed by atoms with Crippen LogP contribution in [0.15, 0.2) is 114 Å². The number of nitrogens with two attached hydrogens (primary N) is 1. The van der Waals surface area contributed by atoms with Gasteiger partial charge in [-0.15, -0.1) is 0 Å². The first-order chi connectivity index (χ1) is 21.8. The van der Waals surface area contributed by atoms with E-state index in [0.29, 0.717) is 5.69 Å². The number of rotatable bonds is 2. The number of phenols is 2. The molecule has 6 heterocycles. The number of aryl methyl sites for hydroxylation is 2. The Morgan fingerprint density at radius 3 is 1.82 bits per heavy atom. The molecule has 224 valence electrons. The van der Waals surface area contributed by atoms with Crippen molar-refractivity contribution < 1.29 is 10.2 Å². The molecule has 0 saturated heterocycles. The van der Waals surface area contributed by atoms with Crippen LogP contribution < -0.4 is 11.1 Å². The predicted octanol–water partition coefficient (Wildman–Crippen LogP) is 7.43. The fourth-order valence-corrected chi connectivity index (χ4v) is 5.43. The number of pyridine rings is 4. The number of halogens is 1. The number of benzene rings is 2. The second kappa shape index (κ2) is 12.5. The Kier molecular flexibility index (Phi) is 8.17. The first-order valence-electron chi connectivity index (χ1n) is 13.9. The number of nitrogens with one attached hydrogen (secondary N) is 1. The SMILES string of the molecule is Cn1c2ccncc2c2ccc(Br)nc21.Cn1c2ccncc2c2ccc(Nc3cccc(O)c3)nc21.Nc1cccc(O)c1. The monoisotopic (exact) mass is 660 g/mol. The summed E-state index contributed by atoms with van der Waals surface area (Å²) >= 11 is 3.38. The molecule has 0 unspecified atom stereocenters. The number of phenolic OH excluding ortho intramolecular Hbond substituents is 2. The van der Waals surface area contributed by atoms with E-state index in [2.05, 4.69) is 56.4 Å². The third-order valence-electron chi connectivity index (χ3n) is 7.24. The van der Waals surface area contributed by atoms with Gasteiger partial charge in [-0.3, -0.25) is 9.97 Å². The van der Waals surface area contributed by atoms with Gasteiger partial charge in [0, 0.05) is 83.9 Å². The van der Waals surface area contributed by atoms with Gasteiger partial charge in [0.25, 0.3) is 0 Å². The molecular formula is C34H29BrN8O2. The maximum Gasteiger partial charge on any atom is 0.143 e. The van der Waals surface area contributed by atoms with Gasteiger partial charge in [0.05, 0.1) is 11.0 Å². The normalized spacial score (nSPS) is 10.8. The van der Waals surface area contributed by atoms with E-state index in [4.69, 9.17) is 10.8 Å². The number of fused-ring (bicyclic) bond motifs is 6. The maximum absolute atomic E-state index is 9.53. The number of anilines is 3.